The van der Waals surface area contributed by atoms with E-state index in [-0.39, 0.29) is 0 Å². The van der Waals surface area contributed by atoms with Gasteiger partial charge < -0.3 is 0 Å². The highest BCUT2D eigenvalue weighted by Gasteiger charge is 2.07. The molecule has 0 atom stereocenters. The maximum Gasteiger partial charge on any atom is 0.236 e. The van der Waals surface area contributed by atoms with E-state index < -0.39 is 0 Å². The van der Waals surface area contributed by atoms with Crippen molar-refractivity contribution in [2.24, 2.45) is 0 Å². The minimum absolute atomic E-state index is 0.387. The summed E-state index contributed by atoms with van der Waals surface area (Å²) in [5, 5.41) is 0.387. The summed E-state index contributed by atoms with van der Waals surface area (Å²) in [5.74, 6) is 7.33. The smallest absolute Gasteiger partial charge is 0.236 e. The van der Waals surface area contributed by atoms with E-state index in [0.29, 0.717) is 16.8 Å². The summed E-state index contributed by atoms with van der Waals surface area (Å²) in [6.07, 6.45) is 5.14. The van der Waals surface area contributed by atoms with Crippen molar-refractivity contribution < 1.29 is 0 Å². The number of pyridine rings is 1. The molecule has 0 amide bonds. The third-order valence-corrected chi connectivity index (χ3v) is 3.15. The topological polar surface area (TPSA) is 56.5 Å². The molecular weight excluding hydrogens is 298 g/mol. The molecule has 0 N–H and O–H groups in total. The Kier molecular flexibility index (Phi) is 3.86. The molecular formula is C16H12ClN5. The normalized spacial score (nSPS) is 10.1. The maximum absolute atomic E-state index is 5.89. The quantitative estimate of drug-likeness (QED) is 0.512. The Labute approximate surface area is 133 Å². The molecule has 3 heterocycles. The molecule has 6 heteroatoms. The number of hydrogen-bond acceptors (Lipinski definition) is 4. The minimum Gasteiger partial charge on any atom is -0.271 e. The second-order valence-electron chi connectivity index (χ2n) is 4.66. The van der Waals surface area contributed by atoms with Crippen LogP contribution < -0.4 is 0 Å². The van der Waals surface area contributed by atoms with Crippen molar-refractivity contribution >= 4 is 11.6 Å². The van der Waals surface area contributed by atoms with Gasteiger partial charge in [-0.05, 0) is 38.0 Å². The molecule has 0 aliphatic heterocycles. The molecule has 108 valence electrons. The van der Waals surface area contributed by atoms with Gasteiger partial charge in [-0.15, -0.1) is 0 Å². The van der Waals surface area contributed by atoms with Gasteiger partial charge in [-0.3, -0.25) is 9.55 Å². The van der Waals surface area contributed by atoms with Gasteiger partial charge in [-0.25, -0.2) is 15.0 Å². The predicted molar refractivity (Wildman–Crippen MR) is 83.9 cm³/mol. The van der Waals surface area contributed by atoms with Crippen molar-refractivity contribution in [3.8, 4) is 17.8 Å². The van der Waals surface area contributed by atoms with Crippen LogP contribution in [-0.4, -0.2) is 24.5 Å². The molecule has 3 rings (SSSR count). The molecule has 0 radical (unpaired) electrons. The van der Waals surface area contributed by atoms with Gasteiger partial charge in [0, 0.05) is 29.8 Å². The van der Waals surface area contributed by atoms with Gasteiger partial charge >= 0.3 is 0 Å². The number of aromatic nitrogens is 5. The first-order valence-electron chi connectivity index (χ1n) is 6.61. The van der Waals surface area contributed by atoms with Crippen molar-refractivity contribution in [2.45, 2.75) is 13.8 Å². The number of halogens is 1. The van der Waals surface area contributed by atoms with Crippen LogP contribution in [0.1, 0.15) is 22.8 Å². The van der Waals surface area contributed by atoms with E-state index >= 15 is 0 Å². The molecule has 0 bridgehead atoms. The Morgan fingerprint density at radius 3 is 2.64 bits per heavy atom. The summed E-state index contributed by atoms with van der Waals surface area (Å²) >= 11 is 5.89. The van der Waals surface area contributed by atoms with Gasteiger partial charge in [0.05, 0.1) is 0 Å². The van der Waals surface area contributed by atoms with Crippen LogP contribution in [0.5, 0.6) is 0 Å². The molecule has 0 unspecified atom stereocenters. The number of rotatable bonds is 1. The van der Waals surface area contributed by atoms with E-state index in [0.717, 1.165) is 17.1 Å². The Bertz CT molecular complexity index is 889. The molecule has 0 aliphatic rings. The maximum atomic E-state index is 5.89. The number of imidazole rings is 1. The highest BCUT2D eigenvalue weighted by Crippen LogP contribution is 2.10. The van der Waals surface area contributed by atoms with Crippen molar-refractivity contribution in [1.29, 1.82) is 0 Å². The number of hydrogen-bond donors (Lipinski definition) is 0. The van der Waals surface area contributed by atoms with E-state index in [2.05, 4.69) is 31.8 Å². The highest BCUT2D eigenvalue weighted by molar-refractivity contribution is 6.29. The zero-order valence-corrected chi connectivity index (χ0v) is 12.8. The molecule has 0 aliphatic carbocycles. The lowest BCUT2D eigenvalue weighted by atomic mass is 10.2. The van der Waals surface area contributed by atoms with Gasteiger partial charge in [0.2, 0.25) is 5.95 Å². The molecule has 0 fully saturated rings. The summed E-state index contributed by atoms with van der Waals surface area (Å²) in [4.78, 5) is 16.9. The summed E-state index contributed by atoms with van der Waals surface area (Å²) < 4.78 is 1.76. The molecule has 0 aromatic carbocycles. The van der Waals surface area contributed by atoms with E-state index in [1.165, 1.54) is 0 Å². The van der Waals surface area contributed by atoms with Crippen LogP contribution in [0.15, 0.2) is 36.8 Å². The van der Waals surface area contributed by atoms with Crippen LogP contribution in [0.4, 0.5) is 0 Å². The highest BCUT2D eigenvalue weighted by atomic mass is 35.5. The monoisotopic (exact) mass is 309 g/mol. The lowest BCUT2D eigenvalue weighted by Gasteiger charge is -2.01. The van der Waals surface area contributed by atoms with Gasteiger partial charge in [0.15, 0.2) is 0 Å². The van der Waals surface area contributed by atoms with Crippen molar-refractivity contribution in [3.63, 3.8) is 0 Å². The Hall–Kier alpha value is -2.71. The first-order chi connectivity index (χ1) is 10.6. The standard InChI is InChI=1S/C16H12ClN5/c1-11-9-13(5-7-18-11)3-4-14-10-22(12(2)20-14)16-19-8-6-15(17)21-16/h5-10H,1-2H3. The van der Waals surface area contributed by atoms with Gasteiger partial charge in [0.1, 0.15) is 16.7 Å². The zero-order valence-electron chi connectivity index (χ0n) is 12.1. The van der Waals surface area contributed by atoms with Crippen molar-refractivity contribution in [3.05, 3.63) is 64.7 Å². The van der Waals surface area contributed by atoms with Crippen LogP contribution in [0.2, 0.25) is 5.15 Å². The lowest BCUT2D eigenvalue weighted by Crippen LogP contribution is -2.01. The fourth-order valence-electron chi connectivity index (χ4n) is 1.94. The van der Waals surface area contributed by atoms with Crippen LogP contribution in [0.3, 0.4) is 0 Å². The number of aryl methyl sites for hydroxylation is 2. The second-order valence-corrected chi connectivity index (χ2v) is 5.05. The molecule has 0 saturated carbocycles. The van der Waals surface area contributed by atoms with E-state index in [4.69, 9.17) is 11.6 Å². The summed E-state index contributed by atoms with van der Waals surface area (Å²) in [7, 11) is 0. The van der Waals surface area contributed by atoms with Crippen molar-refractivity contribution in [1.82, 2.24) is 24.5 Å². The fraction of sp³-hybridized carbons (Fsp3) is 0.125. The van der Waals surface area contributed by atoms with Gasteiger partial charge in [-0.2, -0.15) is 0 Å². The zero-order chi connectivity index (χ0) is 15.5. The Balaban J connectivity index is 1.93. The molecule has 5 nitrogen and oxygen atoms in total. The van der Waals surface area contributed by atoms with E-state index in [1.807, 2.05) is 26.0 Å². The third kappa shape index (κ3) is 3.13. The predicted octanol–water partition coefficient (Wildman–Crippen LogP) is 2.73. The Morgan fingerprint density at radius 2 is 1.86 bits per heavy atom. The third-order valence-electron chi connectivity index (χ3n) is 2.94. The van der Waals surface area contributed by atoms with Crippen LogP contribution in [0, 0.1) is 25.7 Å². The average Bonchev–Trinajstić information content (AvgIpc) is 2.86. The summed E-state index contributed by atoms with van der Waals surface area (Å²) in [5.41, 5.74) is 2.48. The molecule has 3 aromatic rings. The van der Waals surface area contributed by atoms with Crippen LogP contribution in [-0.2, 0) is 0 Å². The van der Waals surface area contributed by atoms with E-state index in [9.17, 15) is 0 Å². The lowest BCUT2D eigenvalue weighted by molar-refractivity contribution is 0.883. The fourth-order valence-corrected chi connectivity index (χ4v) is 2.07. The summed E-state index contributed by atoms with van der Waals surface area (Å²) in [6.45, 7) is 3.80. The Morgan fingerprint density at radius 1 is 1.05 bits per heavy atom. The molecule has 0 spiro atoms. The van der Waals surface area contributed by atoms with E-state index in [1.54, 1.807) is 29.2 Å². The minimum atomic E-state index is 0.387. The average molecular weight is 310 g/mol. The van der Waals surface area contributed by atoms with Crippen molar-refractivity contribution in [2.75, 3.05) is 0 Å². The van der Waals surface area contributed by atoms with Gasteiger partial charge in [-0.1, -0.05) is 17.5 Å². The number of nitrogens with zero attached hydrogens (tertiary/aromatic N) is 5. The first-order valence-corrected chi connectivity index (χ1v) is 6.99. The van der Waals surface area contributed by atoms with Crippen LogP contribution in [0.25, 0.3) is 5.95 Å². The molecule has 22 heavy (non-hydrogen) atoms. The largest absolute Gasteiger partial charge is 0.271 e. The van der Waals surface area contributed by atoms with Gasteiger partial charge in [0.25, 0.3) is 0 Å². The SMILES string of the molecule is Cc1cc(C#Cc2cn(-c3nccc(Cl)n3)c(C)n2)ccn1. The molecule has 0 saturated heterocycles. The molecule has 3 aromatic heterocycles. The second kappa shape index (κ2) is 5.96. The summed E-state index contributed by atoms with van der Waals surface area (Å²) in [6, 6.07) is 5.42. The van der Waals surface area contributed by atoms with Crippen LogP contribution >= 0.6 is 11.6 Å². The first kappa shape index (κ1) is 14.2.